The van der Waals surface area contributed by atoms with E-state index < -0.39 is 11.6 Å². The third kappa shape index (κ3) is 2.95. The minimum Gasteiger partial charge on any atom is -0.326 e. The molecule has 0 bridgehead atoms. The first-order chi connectivity index (χ1) is 9.59. The maximum atomic E-state index is 12.2. The van der Waals surface area contributed by atoms with E-state index in [1.54, 1.807) is 30.3 Å². The standard InChI is InChI=1S/C15H12N2O3/c1-10(18)17-12-7-3-2-6-11(12)14(19)15(20)13-8-4-5-9-16-13/h2-9H,1H3,(H,17,18). The first-order valence-electron chi connectivity index (χ1n) is 5.96. The normalized spacial score (nSPS) is 9.85. The van der Waals surface area contributed by atoms with Crippen LogP contribution in [-0.2, 0) is 4.79 Å². The summed E-state index contributed by atoms with van der Waals surface area (Å²) < 4.78 is 0. The average molecular weight is 268 g/mol. The van der Waals surface area contributed by atoms with Crippen molar-refractivity contribution in [1.29, 1.82) is 0 Å². The monoisotopic (exact) mass is 268 g/mol. The molecule has 5 heteroatoms. The van der Waals surface area contributed by atoms with E-state index in [0.717, 1.165) is 0 Å². The lowest BCUT2D eigenvalue weighted by molar-refractivity contribution is -0.114. The van der Waals surface area contributed by atoms with E-state index in [2.05, 4.69) is 10.3 Å². The molecule has 0 unspecified atom stereocenters. The Morgan fingerprint density at radius 2 is 1.65 bits per heavy atom. The number of hydrogen-bond acceptors (Lipinski definition) is 4. The highest BCUT2D eigenvalue weighted by molar-refractivity contribution is 6.49. The Balaban J connectivity index is 2.34. The number of anilines is 1. The second-order valence-corrected chi connectivity index (χ2v) is 4.10. The molecule has 0 saturated heterocycles. The van der Waals surface area contributed by atoms with E-state index in [-0.39, 0.29) is 17.2 Å². The topological polar surface area (TPSA) is 76.1 Å². The van der Waals surface area contributed by atoms with E-state index in [1.807, 2.05) is 0 Å². The first kappa shape index (κ1) is 13.6. The summed E-state index contributed by atoms with van der Waals surface area (Å²) in [4.78, 5) is 39.2. The van der Waals surface area contributed by atoms with Crippen LogP contribution in [0.25, 0.3) is 0 Å². The van der Waals surface area contributed by atoms with Crippen molar-refractivity contribution in [2.24, 2.45) is 0 Å². The van der Waals surface area contributed by atoms with Crippen molar-refractivity contribution in [2.45, 2.75) is 6.92 Å². The van der Waals surface area contributed by atoms with Gasteiger partial charge in [0.25, 0.3) is 5.78 Å². The smallest absolute Gasteiger partial charge is 0.251 e. The van der Waals surface area contributed by atoms with Gasteiger partial charge in [0.2, 0.25) is 11.7 Å². The first-order valence-corrected chi connectivity index (χ1v) is 5.96. The highest BCUT2D eigenvalue weighted by Gasteiger charge is 2.22. The maximum absolute atomic E-state index is 12.2. The molecule has 0 aliphatic rings. The summed E-state index contributed by atoms with van der Waals surface area (Å²) in [5.74, 6) is -1.72. The molecule has 0 spiro atoms. The fraction of sp³-hybridized carbons (Fsp3) is 0.0667. The van der Waals surface area contributed by atoms with Gasteiger partial charge in [0.1, 0.15) is 5.69 Å². The number of carbonyl (C=O) groups is 3. The van der Waals surface area contributed by atoms with Gasteiger partial charge in [-0.25, -0.2) is 0 Å². The Labute approximate surface area is 115 Å². The van der Waals surface area contributed by atoms with Crippen LogP contribution in [0, 0.1) is 0 Å². The second-order valence-electron chi connectivity index (χ2n) is 4.10. The molecule has 100 valence electrons. The summed E-state index contributed by atoms with van der Waals surface area (Å²) in [6.07, 6.45) is 1.44. The predicted molar refractivity (Wildman–Crippen MR) is 73.6 cm³/mol. The minimum atomic E-state index is -0.705. The molecular formula is C15H12N2O3. The number of benzene rings is 1. The van der Waals surface area contributed by atoms with Gasteiger partial charge in [-0.2, -0.15) is 0 Å². The number of rotatable bonds is 4. The van der Waals surface area contributed by atoms with Gasteiger partial charge in [0.15, 0.2) is 0 Å². The van der Waals surface area contributed by atoms with Crippen LogP contribution >= 0.6 is 0 Å². The molecule has 1 aromatic heterocycles. The number of hydrogen-bond donors (Lipinski definition) is 1. The highest BCUT2D eigenvalue weighted by atomic mass is 16.2. The number of aromatic nitrogens is 1. The third-order valence-electron chi connectivity index (χ3n) is 2.59. The summed E-state index contributed by atoms with van der Waals surface area (Å²) in [5.41, 5.74) is 0.544. The number of nitrogens with zero attached hydrogens (tertiary/aromatic N) is 1. The minimum absolute atomic E-state index is 0.0788. The van der Waals surface area contributed by atoms with Crippen LogP contribution in [-0.4, -0.2) is 22.5 Å². The SMILES string of the molecule is CC(=O)Nc1ccccc1C(=O)C(=O)c1ccccn1. The van der Waals surface area contributed by atoms with Gasteiger partial charge in [-0.1, -0.05) is 18.2 Å². The fourth-order valence-electron chi connectivity index (χ4n) is 1.72. The van der Waals surface area contributed by atoms with Gasteiger partial charge in [-0.15, -0.1) is 0 Å². The number of ketones is 2. The van der Waals surface area contributed by atoms with Gasteiger partial charge in [0, 0.05) is 18.7 Å². The Morgan fingerprint density at radius 3 is 2.30 bits per heavy atom. The Hall–Kier alpha value is -2.82. The van der Waals surface area contributed by atoms with E-state index in [1.165, 1.54) is 25.3 Å². The van der Waals surface area contributed by atoms with E-state index in [0.29, 0.717) is 5.69 Å². The van der Waals surface area contributed by atoms with Crippen LogP contribution in [0.3, 0.4) is 0 Å². The van der Waals surface area contributed by atoms with Gasteiger partial charge in [0.05, 0.1) is 5.69 Å². The molecular weight excluding hydrogens is 256 g/mol. The van der Waals surface area contributed by atoms with Crippen molar-refractivity contribution in [1.82, 2.24) is 4.98 Å². The molecule has 20 heavy (non-hydrogen) atoms. The average Bonchev–Trinajstić information content (AvgIpc) is 2.46. The van der Waals surface area contributed by atoms with Crippen LogP contribution in [0.1, 0.15) is 27.8 Å². The van der Waals surface area contributed by atoms with Crippen LogP contribution in [0.4, 0.5) is 5.69 Å². The van der Waals surface area contributed by atoms with Gasteiger partial charge in [-0.05, 0) is 24.3 Å². The molecule has 0 saturated carbocycles. The molecule has 2 rings (SSSR count). The Bertz CT molecular complexity index is 666. The van der Waals surface area contributed by atoms with Crippen molar-refractivity contribution in [3.8, 4) is 0 Å². The van der Waals surface area contributed by atoms with Crippen molar-refractivity contribution in [2.75, 3.05) is 5.32 Å². The lowest BCUT2D eigenvalue weighted by Gasteiger charge is -2.07. The van der Waals surface area contributed by atoms with Gasteiger partial charge >= 0.3 is 0 Å². The number of Topliss-reactive ketones (excluding diaryl/α,β-unsaturated/α-hetero) is 2. The zero-order chi connectivity index (χ0) is 14.5. The molecule has 0 radical (unpaired) electrons. The summed E-state index contributed by atoms with van der Waals surface area (Å²) in [6, 6.07) is 11.1. The number of amides is 1. The van der Waals surface area contributed by atoms with E-state index >= 15 is 0 Å². The predicted octanol–water partition coefficient (Wildman–Crippen LogP) is 2.11. The van der Waals surface area contributed by atoms with Crippen molar-refractivity contribution >= 4 is 23.2 Å². The molecule has 0 aliphatic carbocycles. The summed E-state index contributed by atoms with van der Waals surface area (Å²) in [7, 11) is 0. The van der Waals surface area contributed by atoms with Crippen LogP contribution in [0.5, 0.6) is 0 Å². The molecule has 1 aromatic carbocycles. The van der Waals surface area contributed by atoms with E-state index in [4.69, 9.17) is 0 Å². The molecule has 1 heterocycles. The fourth-order valence-corrected chi connectivity index (χ4v) is 1.72. The largest absolute Gasteiger partial charge is 0.326 e. The van der Waals surface area contributed by atoms with Crippen LogP contribution in [0.2, 0.25) is 0 Å². The quantitative estimate of drug-likeness (QED) is 0.680. The number of carbonyl (C=O) groups excluding carboxylic acids is 3. The van der Waals surface area contributed by atoms with Crippen molar-refractivity contribution in [3.05, 3.63) is 59.9 Å². The molecule has 0 atom stereocenters. The molecule has 1 N–H and O–H groups in total. The van der Waals surface area contributed by atoms with E-state index in [9.17, 15) is 14.4 Å². The van der Waals surface area contributed by atoms with Crippen molar-refractivity contribution < 1.29 is 14.4 Å². The lowest BCUT2D eigenvalue weighted by atomic mass is 10.0. The van der Waals surface area contributed by atoms with Crippen molar-refractivity contribution in [3.63, 3.8) is 0 Å². The van der Waals surface area contributed by atoms with Gasteiger partial charge in [-0.3, -0.25) is 19.4 Å². The molecule has 1 amide bonds. The zero-order valence-electron chi connectivity index (χ0n) is 10.8. The number of nitrogens with one attached hydrogen (secondary N) is 1. The molecule has 0 fully saturated rings. The van der Waals surface area contributed by atoms with Crippen LogP contribution < -0.4 is 5.32 Å². The van der Waals surface area contributed by atoms with Gasteiger partial charge < -0.3 is 5.32 Å². The summed E-state index contributed by atoms with van der Waals surface area (Å²) in [6.45, 7) is 1.34. The lowest BCUT2D eigenvalue weighted by Crippen LogP contribution is -2.18. The number of para-hydroxylation sites is 1. The number of pyridine rings is 1. The third-order valence-corrected chi connectivity index (χ3v) is 2.59. The summed E-state index contributed by atoms with van der Waals surface area (Å²) in [5, 5.41) is 2.53. The summed E-state index contributed by atoms with van der Waals surface area (Å²) >= 11 is 0. The Kier molecular flexibility index (Phi) is 4.00. The zero-order valence-corrected chi connectivity index (χ0v) is 10.8. The molecule has 2 aromatic rings. The van der Waals surface area contributed by atoms with Crippen LogP contribution in [0.15, 0.2) is 48.7 Å². The molecule has 5 nitrogen and oxygen atoms in total. The second kappa shape index (κ2) is 5.88. The maximum Gasteiger partial charge on any atom is 0.251 e. The Morgan fingerprint density at radius 1 is 0.950 bits per heavy atom. The highest BCUT2D eigenvalue weighted by Crippen LogP contribution is 2.17. The molecule has 0 aliphatic heterocycles.